The molecule has 0 unspecified atom stereocenters. The second kappa shape index (κ2) is 9.57. The molecule has 0 atom stereocenters. The lowest BCUT2D eigenvalue weighted by Crippen LogP contribution is -2.32. The number of nitrogens with zero attached hydrogens (tertiary/aromatic N) is 3. The Kier molecular flexibility index (Phi) is 6.86. The number of amides is 1. The fourth-order valence-electron chi connectivity index (χ4n) is 2.96. The van der Waals surface area contributed by atoms with Crippen molar-refractivity contribution < 1.29 is 9.53 Å². The van der Waals surface area contributed by atoms with Gasteiger partial charge < -0.3 is 20.7 Å². The van der Waals surface area contributed by atoms with Crippen molar-refractivity contribution >= 4 is 17.7 Å². The van der Waals surface area contributed by atoms with E-state index in [0.717, 1.165) is 28.1 Å². The number of alkyl carbamates (subject to hydrolysis) is 1. The van der Waals surface area contributed by atoms with E-state index in [-0.39, 0.29) is 0 Å². The number of carbonyl (C=O) groups is 1. The van der Waals surface area contributed by atoms with Crippen LogP contribution in [-0.2, 0) is 17.8 Å². The van der Waals surface area contributed by atoms with Gasteiger partial charge in [-0.05, 0) is 51.9 Å². The van der Waals surface area contributed by atoms with Gasteiger partial charge in [0, 0.05) is 30.8 Å². The first-order valence-corrected chi connectivity index (χ1v) is 10.1. The second-order valence-corrected chi connectivity index (χ2v) is 8.22. The maximum Gasteiger partial charge on any atom is 0.407 e. The van der Waals surface area contributed by atoms with Gasteiger partial charge >= 0.3 is 6.09 Å². The summed E-state index contributed by atoms with van der Waals surface area (Å²) in [5.41, 5.74) is 4.26. The molecule has 9 heteroatoms. The molecule has 3 rings (SSSR count). The number of aromatic nitrogens is 4. The second-order valence-electron chi connectivity index (χ2n) is 8.22. The van der Waals surface area contributed by atoms with E-state index in [0.29, 0.717) is 24.7 Å². The number of hydrogen-bond donors (Lipinski definition) is 4. The van der Waals surface area contributed by atoms with E-state index in [2.05, 4.69) is 36.1 Å². The number of hydrogen-bond acceptors (Lipinski definition) is 7. The highest BCUT2D eigenvalue weighted by atomic mass is 16.6. The van der Waals surface area contributed by atoms with Crippen molar-refractivity contribution in [2.75, 3.05) is 12.4 Å². The summed E-state index contributed by atoms with van der Waals surface area (Å²) in [6.07, 6.45) is 1.09. The predicted octanol–water partition coefficient (Wildman–Crippen LogP) is 3.66. The van der Waals surface area contributed by atoms with E-state index in [1.807, 2.05) is 65.1 Å². The van der Waals surface area contributed by atoms with E-state index in [9.17, 15) is 4.79 Å². The number of rotatable bonds is 7. The number of anilines is 2. The standard InChI is InChI=1S/C22H29N7O2/c1-14-8-15(6-7-16(14)11-24-21(30)31-22(2,3)4)18-10-19(26-13-25-18)27-20-9-17(12-23-5)28-29-20/h6-10,13,23H,11-12H2,1-5H3,(H,24,30)(H2,25,26,27,28,29). The number of carbonyl (C=O) groups excluding carboxylic acids is 1. The zero-order valence-corrected chi connectivity index (χ0v) is 18.5. The molecular formula is C22H29N7O2. The first-order valence-electron chi connectivity index (χ1n) is 10.1. The van der Waals surface area contributed by atoms with Gasteiger partial charge in [-0.25, -0.2) is 14.8 Å². The van der Waals surface area contributed by atoms with Gasteiger partial charge in [0.25, 0.3) is 0 Å². The molecule has 164 valence electrons. The minimum atomic E-state index is -0.522. The third kappa shape index (κ3) is 6.51. The summed E-state index contributed by atoms with van der Waals surface area (Å²) in [6.45, 7) is 8.62. The van der Waals surface area contributed by atoms with Crippen molar-refractivity contribution in [1.82, 2.24) is 30.8 Å². The summed E-state index contributed by atoms with van der Waals surface area (Å²) < 4.78 is 5.28. The molecule has 0 bridgehead atoms. The number of H-pyrrole nitrogens is 1. The number of benzene rings is 1. The van der Waals surface area contributed by atoms with Crippen molar-refractivity contribution in [2.24, 2.45) is 0 Å². The van der Waals surface area contributed by atoms with Crippen LogP contribution in [0.3, 0.4) is 0 Å². The topological polar surface area (TPSA) is 117 Å². The summed E-state index contributed by atoms with van der Waals surface area (Å²) in [7, 11) is 1.88. The highest BCUT2D eigenvalue weighted by Gasteiger charge is 2.16. The Morgan fingerprint density at radius 3 is 2.61 bits per heavy atom. The molecule has 1 aromatic carbocycles. The van der Waals surface area contributed by atoms with Gasteiger partial charge in [0.15, 0.2) is 5.82 Å². The van der Waals surface area contributed by atoms with Crippen LogP contribution in [0, 0.1) is 6.92 Å². The van der Waals surface area contributed by atoms with Gasteiger partial charge in [0.1, 0.15) is 17.7 Å². The quantitative estimate of drug-likeness (QED) is 0.458. The lowest BCUT2D eigenvalue weighted by Gasteiger charge is -2.20. The van der Waals surface area contributed by atoms with Crippen molar-refractivity contribution in [1.29, 1.82) is 0 Å². The Bertz CT molecular complexity index is 1040. The summed E-state index contributed by atoms with van der Waals surface area (Å²) >= 11 is 0. The smallest absolute Gasteiger partial charge is 0.407 e. The lowest BCUT2D eigenvalue weighted by atomic mass is 10.0. The lowest BCUT2D eigenvalue weighted by molar-refractivity contribution is 0.0523. The van der Waals surface area contributed by atoms with Crippen LogP contribution in [0.25, 0.3) is 11.3 Å². The van der Waals surface area contributed by atoms with Crippen LogP contribution in [0.2, 0.25) is 0 Å². The van der Waals surface area contributed by atoms with Crippen LogP contribution in [-0.4, -0.2) is 38.9 Å². The molecule has 31 heavy (non-hydrogen) atoms. The average Bonchev–Trinajstić information content (AvgIpc) is 3.13. The Balaban J connectivity index is 1.68. The van der Waals surface area contributed by atoms with Crippen molar-refractivity contribution in [2.45, 2.75) is 46.4 Å². The van der Waals surface area contributed by atoms with E-state index < -0.39 is 11.7 Å². The van der Waals surface area contributed by atoms with Gasteiger partial charge in [0.2, 0.25) is 0 Å². The zero-order valence-electron chi connectivity index (χ0n) is 18.5. The molecule has 0 saturated heterocycles. The highest BCUT2D eigenvalue weighted by molar-refractivity contribution is 5.68. The molecule has 1 amide bonds. The van der Waals surface area contributed by atoms with Crippen molar-refractivity contribution in [3.63, 3.8) is 0 Å². The van der Waals surface area contributed by atoms with Gasteiger partial charge in [-0.3, -0.25) is 5.10 Å². The molecule has 0 spiro atoms. The van der Waals surface area contributed by atoms with Gasteiger partial charge in [-0.1, -0.05) is 12.1 Å². The minimum Gasteiger partial charge on any atom is -0.444 e. The predicted molar refractivity (Wildman–Crippen MR) is 120 cm³/mol. The first-order chi connectivity index (χ1) is 14.7. The van der Waals surface area contributed by atoms with Crippen LogP contribution >= 0.6 is 0 Å². The average molecular weight is 424 g/mol. The SMILES string of the molecule is CNCc1cc(Nc2cc(-c3ccc(CNC(=O)OC(C)(C)C)c(C)c3)ncn2)n[nH]1. The van der Waals surface area contributed by atoms with Gasteiger partial charge in [-0.15, -0.1) is 0 Å². The van der Waals surface area contributed by atoms with Gasteiger partial charge in [-0.2, -0.15) is 5.10 Å². The Morgan fingerprint density at radius 2 is 1.90 bits per heavy atom. The van der Waals surface area contributed by atoms with Crippen molar-refractivity contribution in [3.8, 4) is 11.3 Å². The minimum absolute atomic E-state index is 0.395. The maximum atomic E-state index is 11.9. The summed E-state index contributed by atoms with van der Waals surface area (Å²) in [6, 6.07) is 9.80. The van der Waals surface area contributed by atoms with Crippen LogP contribution in [0.1, 0.15) is 37.6 Å². The molecule has 2 heterocycles. The molecule has 0 aliphatic carbocycles. The third-order valence-electron chi connectivity index (χ3n) is 4.38. The zero-order chi connectivity index (χ0) is 22.4. The maximum absolute atomic E-state index is 11.9. The molecule has 0 fully saturated rings. The summed E-state index contributed by atoms with van der Waals surface area (Å²) in [4.78, 5) is 20.6. The van der Waals surface area contributed by atoms with Crippen LogP contribution < -0.4 is 16.0 Å². The third-order valence-corrected chi connectivity index (χ3v) is 4.38. The summed E-state index contributed by atoms with van der Waals surface area (Å²) in [5, 5.41) is 16.2. The molecule has 3 aromatic rings. The molecule has 4 N–H and O–H groups in total. The van der Waals surface area contributed by atoms with E-state index >= 15 is 0 Å². The Hall–Kier alpha value is -3.46. The molecule has 2 aromatic heterocycles. The number of nitrogens with one attached hydrogen (secondary N) is 4. The number of ether oxygens (including phenoxy) is 1. The molecule has 0 saturated carbocycles. The van der Waals surface area contributed by atoms with E-state index in [4.69, 9.17) is 4.74 Å². The van der Waals surface area contributed by atoms with Crippen LogP contribution in [0.5, 0.6) is 0 Å². The van der Waals surface area contributed by atoms with Gasteiger partial charge in [0.05, 0.1) is 11.4 Å². The van der Waals surface area contributed by atoms with Crippen LogP contribution in [0.15, 0.2) is 36.7 Å². The van der Waals surface area contributed by atoms with E-state index in [1.165, 1.54) is 6.33 Å². The van der Waals surface area contributed by atoms with E-state index in [1.54, 1.807) is 0 Å². The normalized spacial score (nSPS) is 11.3. The fraction of sp³-hybridized carbons (Fsp3) is 0.364. The number of aromatic amines is 1. The fourth-order valence-corrected chi connectivity index (χ4v) is 2.96. The first kappa shape index (κ1) is 22.2. The largest absolute Gasteiger partial charge is 0.444 e. The molecule has 0 radical (unpaired) electrons. The monoisotopic (exact) mass is 423 g/mol. The molecule has 9 nitrogen and oxygen atoms in total. The molecule has 0 aliphatic heterocycles. The summed E-state index contributed by atoms with van der Waals surface area (Å²) in [5.74, 6) is 1.34. The molecule has 0 aliphatic rings. The highest BCUT2D eigenvalue weighted by Crippen LogP contribution is 2.23. The number of aryl methyl sites for hydroxylation is 1. The molecular weight excluding hydrogens is 394 g/mol. The Morgan fingerprint density at radius 1 is 1.10 bits per heavy atom. The Labute approximate surface area is 182 Å². The van der Waals surface area contributed by atoms with Crippen molar-refractivity contribution in [3.05, 3.63) is 53.5 Å². The van der Waals surface area contributed by atoms with Crippen LogP contribution in [0.4, 0.5) is 16.4 Å².